The summed E-state index contributed by atoms with van der Waals surface area (Å²) in [5.41, 5.74) is 1.35. The number of nitrogens with zero attached hydrogens (tertiary/aromatic N) is 1. The molecular weight excluding hydrogens is 186 g/mol. The van der Waals surface area contributed by atoms with Crippen LogP contribution in [-0.2, 0) is 12.0 Å². The van der Waals surface area contributed by atoms with Crippen molar-refractivity contribution < 1.29 is 0 Å². The van der Waals surface area contributed by atoms with Crippen molar-refractivity contribution in [1.29, 1.82) is 0 Å². The van der Waals surface area contributed by atoms with Crippen molar-refractivity contribution in [3.63, 3.8) is 0 Å². The molecule has 0 saturated carbocycles. The van der Waals surface area contributed by atoms with Gasteiger partial charge >= 0.3 is 0 Å². The molecule has 86 valence electrons. The summed E-state index contributed by atoms with van der Waals surface area (Å²) < 4.78 is 0. The molecule has 3 heteroatoms. The van der Waals surface area contributed by atoms with E-state index in [1.54, 1.807) is 0 Å². The Balaban J connectivity index is 2.54. The van der Waals surface area contributed by atoms with Crippen LogP contribution >= 0.6 is 0 Å². The quantitative estimate of drug-likeness (QED) is 0.800. The SMILES string of the molecule is CCC(C)NCc1ncc(C(C)(C)C)[nH]1. The summed E-state index contributed by atoms with van der Waals surface area (Å²) in [6.45, 7) is 11.8. The van der Waals surface area contributed by atoms with E-state index in [0.717, 1.165) is 18.8 Å². The van der Waals surface area contributed by atoms with Crippen LogP contribution in [0, 0.1) is 0 Å². The smallest absolute Gasteiger partial charge is 0.120 e. The topological polar surface area (TPSA) is 40.7 Å². The highest BCUT2D eigenvalue weighted by Gasteiger charge is 2.16. The number of imidazole rings is 1. The maximum atomic E-state index is 4.37. The minimum Gasteiger partial charge on any atom is -0.344 e. The van der Waals surface area contributed by atoms with Crippen molar-refractivity contribution in [1.82, 2.24) is 15.3 Å². The summed E-state index contributed by atoms with van der Waals surface area (Å²) in [4.78, 5) is 7.73. The van der Waals surface area contributed by atoms with Gasteiger partial charge in [-0.05, 0) is 13.3 Å². The van der Waals surface area contributed by atoms with Gasteiger partial charge in [-0.1, -0.05) is 27.7 Å². The van der Waals surface area contributed by atoms with Gasteiger partial charge in [-0.2, -0.15) is 0 Å². The Morgan fingerprint density at radius 2 is 2.13 bits per heavy atom. The first-order valence-electron chi connectivity index (χ1n) is 5.71. The normalized spacial score (nSPS) is 14.2. The highest BCUT2D eigenvalue weighted by Crippen LogP contribution is 2.19. The van der Waals surface area contributed by atoms with Crippen molar-refractivity contribution in [3.05, 3.63) is 17.7 Å². The van der Waals surface area contributed by atoms with Gasteiger partial charge in [-0.3, -0.25) is 0 Å². The predicted octanol–water partition coefficient (Wildman–Crippen LogP) is 2.60. The molecule has 0 aliphatic rings. The predicted molar refractivity (Wildman–Crippen MR) is 63.9 cm³/mol. The van der Waals surface area contributed by atoms with Gasteiger partial charge < -0.3 is 10.3 Å². The molecular formula is C12H23N3. The van der Waals surface area contributed by atoms with Crippen molar-refractivity contribution in [2.45, 2.75) is 59.0 Å². The lowest BCUT2D eigenvalue weighted by Crippen LogP contribution is -2.25. The van der Waals surface area contributed by atoms with Gasteiger partial charge in [-0.15, -0.1) is 0 Å². The molecule has 1 heterocycles. The van der Waals surface area contributed by atoms with E-state index < -0.39 is 0 Å². The van der Waals surface area contributed by atoms with Gasteiger partial charge in [0.15, 0.2) is 0 Å². The van der Waals surface area contributed by atoms with Crippen LogP contribution in [-0.4, -0.2) is 16.0 Å². The van der Waals surface area contributed by atoms with Crippen LogP contribution in [0.2, 0.25) is 0 Å². The molecule has 0 bridgehead atoms. The summed E-state index contributed by atoms with van der Waals surface area (Å²) in [6.07, 6.45) is 3.08. The van der Waals surface area contributed by atoms with Crippen molar-refractivity contribution in [3.8, 4) is 0 Å². The van der Waals surface area contributed by atoms with Crippen LogP contribution in [0.1, 0.15) is 52.6 Å². The van der Waals surface area contributed by atoms with Crippen LogP contribution in [0.5, 0.6) is 0 Å². The number of nitrogens with one attached hydrogen (secondary N) is 2. The first-order valence-corrected chi connectivity index (χ1v) is 5.71. The molecule has 1 aromatic rings. The fraction of sp³-hybridized carbons (Fsp3) is 0.750. The Labute approximate surface area is 92.7 Å². The monoisotopic (exact) mass is 209 g/mol. The Kier molecular flexibility index (Phi) is 3.91. The van der Waals surface area contributed by atoms with Gasteiger partial charge in [-0.25, -0.2) is 4.98 Å². The third kappa shape index (κ3) is 3.67. The second-order valence-electron chi connectivity index (χ2n) is 5.18. The second-order valence-corrected chi connectivity index (χ2v) is 5.18. The Morgan fingerprint density at radius 1 is 1.47 bits per heavy atom. The van der Waals surface area contributed by atoms with Crippen LogP contribution in [0.3, 0.4) is 0 Å². The molecule has 0 fully saturated rings. The van der Waals surface area contributed by atoms with E-state index >= 15 is 0 Å². The zero-order valence-electron chi connectivity index (χ0n) is 10.5. The summed E-state index contributed by atoms with van der Waals surface area (Å²) in [5, 5.41) is 3.42. The lowest BCUT2D eigenvalue weighted by molar-refractivity contribution is 0.521. The molecule has 2 N–H and O–H groups in total. The minimum atomic E-state index is 0.154. The highest BCUT2D eigenvalue weighted by molar-refractivity contribution is 5.11. The molecule has 0 aliphatic carbocycles. The number of hydrogen-bond acceptors (Lipinski definition) is 2. The molecule has 3 nitrogen and oxygen atoms in total. The number of aromatic amines is 1. The summed E-state index contributed by atoms with van der Waals surface area (Å²) in [5.74, 6) is 1.03. The van der Waals surface area contributed by atoms with Crippen molar-refractivity contribution in [2.75, 3.05) is 0 Å². The Bertz CT molecular complexity index is 296. The third-order valence-corrected chi connectivity index (χ3v) is 2.67. The number of H-pyrrole nitrogens is 1. The molecule has 0 aliphatic heterocycles. The van der Waals surface area contributed by atoms with E-state index in [9.17, 15) is 0 Å². The van der Waals surface area contributed by atoms with E-state index in [1.807, 2.05) is 6.20 Å². The molecule has 1 aromatic heterocycles. The molecule has 1 rings (SSSR count). The summed E-state index contributed by atoms with van der Waals surface area (Å²) >= 11 is 0. The van der Waals surface area contributed by atoms with Crippen molar-refractivity contribution >= 4 is 0 Å². The zero-order valence-corrected chi connectivity index (χ0v) is 10.5. The van der Waals surface area contributed by atoms with E-state index in [4.69, 9.17) is 0 Å². The number of aromatic nitrogens is 2. The molecule has 0 aromatic carbocycles. The van der Waals surface area contributed by atoms with E-state index in [0.29, 0.717) is 6.04 Å². The average Bonchev–Trinajstić information content (AvgIpc) is 2.61. The fourth-order valence-electron chi connectivity index (χ4n) is 1.25. The second kappa shape index (κ2) is 4.79. The maximum absolute atomic E-state index is 4.37. The Hall–Kier alpha value is -0.830. The molecule has 0 amide bonds. The van der Waals surface area contributed by atoms with E-state index in [2.05, 4.69) is 49.9 Å². The lowest BCUT2D eigenvalue weighted by Gasteiger charge is -2.15. The standard InChI is InChI=1S/C12H23N3/c1-6-9(2)13-8-11-14-7-10(15-11)12(3,4)5/h7,9,13H,6,8H2,1-5H3,(H,14,15). The van der Waals surface area contributed by atoms with Crippen LogP contribution in [0.15, 0.2) is 6.20 Å². The van der Waals surface area contributed by atoms with Gasteiger partial charge in [0.05, 0.1) is 6.54 Å². The maximum Gasteiger partial charge on any atom is 0.120 e. The lowest BCUT2D eigenvalue weighted by atomic mass is 9.93. The molecule has 1 unspecified atom stereocenters. The molecule has 0 saturated heterocycles. The number of rotatable bonds is 4. The molecule has 0 radical (unpaired) electrons. The van der Waals surface area contributed by atoms with E-state index in [1.165, 1.54) is 5.69 Å². The Morgan fingerprint density at radius 3 is 2.60 bits per heavy atom. The van der Waals surface area contributed by atoms with Crippen LogP contribution < -0.4 is 5.32 Å². The van der Waals surface area contributed by atoms with E-state index in [-0.39, 0.29) is 5.41 Å². The van der Waals surface area contributed by atoms with Gasteiger partial charge in [0.2, 0.25) is 0 Å². The van der Waals surface area contributed by atoms with Crippen LogP contribution in [0.25, 0.3) is 0 Å². The van der Waals surface area contributed by atoms with Gasteiger partial charge in [0, 0.05) is 23.3 Å². The summed E-state index contributed by atoms with van der Waals surface area (Å²) in [6, 6.07) is 0.549. The molecule has 1 atom stereocenters. The minimum absolute atomic E-state index is 0.154. The molecule has 0 spiro atoms. The first kappa shape index (κ1) is 12.2. The van der Waals surface area contributed by atoms with Crippen LogP contribution in [0.4, 0.5) is 0 Å². The highest BCUT2D eigenvalue weighted by atomic mass is 15.0. The summed E-state index contributed by atoms with van der Waals surface area (Å²) in [7, 11) is 0. The largest absolute Gasteiger partial charge is 0.344 e. The first-order chi connectivity index (χ1) is 6.93. The van der Waals surface area contributed by atoms with Crippen molar-refractivity contribution in [2.24, 2.45) is 0 Å². The molecule has 15 heavy (non-hydrogen) atoms. The van der Waals surface area contributed by atoms with Gasteiger partial charge in [0.1, 0.15) is 5.82 Å². The fourth-order valence-corrected chi connectivity index (χ4v) is 1.25. The number of hydrogen-bond donors (Lipinski definition) is 2. The zero-order chi connectivity index (χ0) is 11.5. The average molecular weight is 209 g/mol. The third-order valence-electron chi connectivity index (χ3n) is 2.67. The van der Waals surface area contributed by atoms with Gasteiger partial charge in [0.25, 0.3) is 0 Å².